The van der Waals surface area contributed by atoms with E-state index in [1.807, 2.05) is 0 Å². The standard InChI is InChI=1S/C18H20N2O6/c1-23-13-5-11(6-14(24-2)17(13)21)9-19-20-10-12-7-15(25-3)18(22)16(8-12)26-4/h5-10,21-22H,1-4H3/b19-9+,20-10+. The Morgan fingerprint density at radius 2 is 0.885 bits per heavy atom. The lowest BCUT2D eigenvalue weighted by Gasteiger charge is -2.09. The predicted octanol–water partition coefficient (Wildman–Crippen LogP) is 2.59. The molecule has 0 heterocycles. The van der Waals surface area contributed by atoms with E-state index in [1.165, 1.54) is 40.9 Å². The van der Waals surface area contributed by atoms with E-state index in [-0.39, 0.29) is 34.5 Å². The van der Waals surface area contributed by atoms with E-state index >= 15 is 0 Å². The van der Waals surface area contributed by atoms with Crippen LogP contribution < -0.4 is 18.9 Å². The molecular formula is C18H20N2O6. The van der Waals surface area contributed by atoms with Crippen molar-refractivity contribution >= 4 is 12.4 Å². The second-order valence-electron chi connectivity index (χ2n) is 5.04. The Labute approximate surface area is 150 Å². The summed E-state index contributed by atoms with van der Waals surface area (Å²) >= 11 is 0. The summed E-state index contributed by atoms with van der Waals surface area (Å²) in [6.45, 7) is 0. The monoisotopic (exact) mass is 360 g/mol. The van der Waals surface area contributed by atoms with Crippen LogP contribution in [-0.2, 0) is 0 Å². The van der Waals surface area contributed by atoms with Crippen LogP contribution in [0.15, 0.2) is 34.5 Å². The fourth-order valence-electron chi connectivity index (χ4n) is 2.18. The second kappa shape index (κ2) is 8.61. The van der Waals surface area contributed by atoms with Crippen molar-refractivity contribution in [1.29, 1.82) is 0 Å². The maximum Gasteiger partial charge on any atom is 0.200 e. The first-order valence-corrected chi connectivity index (χ1v) is 7.50. The number of benzene rings is 2. The van der Waals surface area contributed by atoms with E-state index in [2.05, 4.69) is 10.2 Å². The Hall–Kier alpha value is -3.42. The zero-order valence-corrected chi connectivity index (χ0v) is 14.9. The van der Waals surface area contributed by atoms with Crippen LogP contribution in [0.2, 0.25) is 0 Å². The molecule has 2 rings (SSSR count). The predicted molar refractivity (Wildman–Crippen MR) is 97.6 cm³/mol. The zero-order chi connectivity index (χ0) is 19.1. The van der Waals surface area contributed by atoms with Gasteiger partial charge in [0, 0.05) is 11.1 Å². The molecule has 0 spiro atoms. The van der Waals surface area contributed by atoms with Gasteiger partial charge in [0.05, 0.1) is 40.9 Å². The van der Waals surface area contributed by atoms with Crippen molar-refractivity contribution in [3.05, 3.63) is 35.4 Å². The maximum absolute atomic E-state index is 9.89. The number of methoxy groups -OCH3 is 4. The van der Waals surface area contributed by atoms with E-state index in [0.29, 0.717) is 11.1 Å². The van der Waals surface area contributed by atoms with Gasteiger partial charge in [-0.3, -0.25) is 0 Å². The van der Waals surface area contributed by atoms with Gasteiger partial charge >= 0.3 is 0 Å². The number of phenolic OH excluding ortho intramolecular Hbond substituents is 2. The molecule has 0 aliphatic heterocycles. The molecule has 138 valence electrons. The van der Waals surface area contributed by atoms with Crippen LogP contribution in [0, 0.1) is 0 Å². The van der Waals surface area contributed by atoms with E-state index in [9.17, 15) is 10.2 Å². The van der Waals surface area contributed by atoms with Gasteiger partial charge in [0.25, 0.3) is 0 Å². The molecule has 0 fully saturated rings. The van der Waals surface area contributed by atoms with Crippen LogP contribution in [0.5, 0.6) is 34.5 Å². The lowest BCUT2D eigenvalue weighted by molar-refractivity contribution is 0.340. The SMILES string of the molecule is COc1cc(/C=N/N=C/c2cc(OC)c(O)c(OC)c2)cc(OC)c1O. The fourth-order valence-corrected chi connectivity index (χ4v) is 2.18. The number of phenols is 2. The number of nitrogens with zero attached hydrogens (tertiary/aromatic N) is 2. The summed E-state index contributed by atoms with van der Waals surface area (Å²) in [5.74, 6) is 0.897. The van der Waals surface area contributed by atoms with Crippen LogP contribution in [0.25, 0.3) is 0 Å². The zero-order valence-electron chi connectivity index (χ0n) is 14.9. The Kier molecular flexibility index (Phi) is 6.26. The number of rotatable bonds is 7. The minimum absolute atomic E-state index is 0.0843. The van der Waals surface area contributed by atoms with E-state index in [4.69, 9.17) is 18.9 Å². The Balaban J connectivity index is 2.23. The van der Waals surface area contributed by atoms with Gasteiger partial charge in [-0.05, 0) is 24.3 Å². The molecule has 0 aromatic heterocycles. The van der Waals surface area contributed by atoms with Crippen molar-refractivity contribution in [1.82, 2.24) is 0 Å². The third kappa shape index (κ3) is 4.15. The highest BCUT2D eigenvalue weighted by molar-refractivity contribution is 5.85. The summed E-state index contributed by atoms with van der Waals surface area (Å²) in [6, 6.07) is 6.40. The third-order valence-electron chi connectivity index (χ3n) is 3.48. The summed E-state index contributed by atoms with van der Waals surface area (Å²) in [6.07, 6.45) is 2.96. The first kappa shape index (κ1) is 18.9. The smallest absolute Gasteiger partial charge is 0.200 e. The van der Waals surface area contributed by atoms with Crippen LogP contribution in [0.3, 0.4) is 0 Å². The Morgan fingerprint density at radius 3 is 1.12 bits per heavy atom. The first-order chi connectivity index (χ1) is 12.5. The highest BCUT2D eigenvalue weighted by Crippen LogP contribution is 2.37. The van der Waals surface area contributed by atoms with Gasteiger partial charge in [-0.2, -0.15) is 10.2 Å². The minimum atomic E-state index is -0.0843. The lowest BCUT2D eigenvalue weighted by atomic mass is 10.2. The van der Waals surface area contributed by atoms with E-state index in [1.54, 1.807) is 24.3 Å². The van der Waals surface area contributed by atoms with Crippen molar-refractivity contribution < 1.29 is 29.2 Å². The number of aromatic hydroxyl groups is 2. The normalized spacial score (nSPS) is 11.1. The molecule has 2 N–H and O–H groups in total. The lowest BCUT2D eigenvalue weighted by Crippen LogP contribution is -1.92. The minimum Gasteiger partial charge on any atom is -0.502 e. The average molecular weight is 360 g/mol. The molecule has 0 bridgehead atoms. The second-order valence-corrected chi connectivity index (χ2v) is 5.04. The van der Waals surface area contributed by atoms with Crippen LogP contribution in [-0.4, -0.2) is 51.1 Å². The molecule has 0 saturated carbocycles. The van der Waals surface area contributed by atoms with Gasteiger partial charge in [-0.25, -0.2) is 0 Å². The molecule has 0 radical (unpaired) electrons. The van der Waals surface area contributed by atoms with Crippen LogP contribution in [0.4, 0.5) is 0 Å². The van der Waals surface area contributed by atoms with Gasteiger partial charge in [-0.15, -0.1) is 0 Å². The fraction of sp³-hybridized carbons (Fsp3) is 0.222. The summed E-state index contributed by atoms with van der Waals surface area (Å²) in [5.41, 5.74) is 1.27. The molecule has 0 aliphatic rings. The van der Waals surface area contributed by atoms with Gasteiger partial charge in [0.1, 0.15) is 0 Å². The van der Waals surface area contributed by atoms with Gasteiger partial charge in [0.2, 0.25) is 11.5 Å². The summed E-state index contributed by atoms with van der Waals surface area (Å²) in [4.78, 5) is 0. The van der Waals surface area contributed by atoms with Crippen LogP contribution >= 0.6 is 0 Å². The van der Waals surface area contributed by atoms with Crippen molar-refractivity contribution in [3.8, 4) is 34.5 Å². The van der Waals surface area contributed by atoms with Gasteiger partial charge in [0.15, 0.2) is 23.0 Å². The molecular weight excluding hydrogens is 340 g/mol. The van der Waals surface area contributed by atoms with Crippen molar-refractivity contribution in [3.63, 3.8) is 0 Å². The van der Waals surface area contributed by atoms with Crippen LogP contribution in [0.1, 0.15) is 11.1 Å². The highest BCUT2D eigenvalue weighted by Gasteiger charge is 2.11. The largest absolute Gasteiger partial charge is 0.502 e. The van der Waals surface area contributed by atoms with E-state index in [0.717, 1.165) is 0 Å². The molecule has 0 saturated heterocycles. The topological polar surface area (TPSA) is 102 Å². The molecule has 0 amide bonds. The molecule has 2 aromatic carbocycles. The molecule has 0 unspecified atom stereocenters. The maximum atomic E-state index is 9.89. The van der Waals surface area contributed by atoms with E-state index < -0.39 is 0 Å². The van der Waals surface area contributed by atoms with Gasteiger partial charge in [-0.1, -0.05) is 0 Å². The molecule has 0 atom stereocenters. The number of hydrogen-bond donors (Lipinski definition) is 2. The van der Waals surface area contributed by atoms with Crippen molar-refractivity contribution in [2.24, 2.45) is 10.2 Å². The molecule has 8 heteroatoms. The summed E-state index contributed by atoms with van der Waals surface area (Å²) in [5, 5.41) is 27.7. The Morgan fingerprint density at radius 1 is 0.615 bits per heavy atom. The molecule has 0 aliphatic carbocycles. The summed E-state index contributed by atoms with van der Waals surface area (Å²) < 4.78 is 20.3. The molecule has 26 heavy (non-hydrogen) atoms. The first-order valence-electron chi connectivity index (χ1n) is 7.50. The number of hydrogen-bond acceptors (Lipinski definition) is 8. The average Bonchev–Trinajstić information content (AvgIpc) is 2.66. The Bertz CT molecular complexity index is 713. The highest BCUT2D eigenvalue weighted by atomic mass is 16.5. The third-order valence-corrected chi connectivity index (χ3v) is 3.48. The van der Waals surface area contributed by atoms with Crippen molar-refractivity contribution in [2.75, 3.05) is 28.4 Å². The van der Waals surface area contributed by atoms with Crippen molar-refractivity contribution in [2.45, 2.75) is 0 Å². The van der Waals surface area contributed by atoms with Gasteiger partial charge < -0.3 is 29.2 Å². The summed E-state index contributed by atoms with van der Waals surface area (Å²) in [7, 11) is 5.77. The number of ether oxygens (including phenoxy) is 4. The molecule has 2 aromatic rings. The molecule has 8 nitrogen and oxygen atoms in total. The quantitative estimate of drug-likeness (QED) is 0.581.